The Morgan fingerprint density at radius 1 is 1.12 bits per heavy atom. The van der Waals surface area contributed by atoms with E-state index in [1.54, 1.807) is 0 Å². The molecule has 1 atom stereocenters. The van der Waals surface area contributed by atoms with Crippen molar-refractivity contribution >= 4 is 0 Å². The summed E-state index contributed by atoms with van der Waals surface area (Å²) in [7, 11) is 0. The number of allylic oxidation sites excluding steroid dienone is 8. The molecule has 2 nitrogen and oxygen atoms in total. The minimum absolute atomic E-state index is 0.274. The van der Waals surface area contributed by atoms with Crippen molar-refractivity contribution in [1.29, 1.82) is 10.5 Å². The van der Waals surface area contributed by atoms with Crippen LogP contribution in [0.3, 0.4) is 0 Å². The Balaban J connectivity index is 2.49. The smallest absolute Gasteiger partial charge is 0.101 e. The molecular formula is C14H12N2. The van der Waals surface area contributed by atoms with Gasteiger partial charge in [0.25, 0.3) is 0 Å². The van der Waals surface area contributed by atoms with Crippen LogP contribution in [0.25, 0.3) is 0 Å². The maximum Gasteiger partial charge on any atom is 0.101 e. The number of rotatable bonds is 0. The van der Waals surface area contributed by atoms with Crippen LogP contribution < -0.4 is 0 Å². The summed E-state index contributed by atoms with van der Waals surface area (Å²) in [6.45, 7) is 4.20. The molecule has 0 bridgehead atoms. The van der Waals surface area contributed by atoms with E-state index in [4.69, 9.17) is 10.5 Å². The van der Waals surface area contributed by atoms with Crippen molar-refractivity contribution in [1.82, 2.24) is 0 Å². The van der Waals surface area contributed by atoms with Crippen molar-refractivity contribution in [3.8, 4) is 12.1 Å². The van der Waals surface area contributed by atoms with E-state index in [-0.39, 0.29) is 5.92 Å². The van der Waals surface area contributed by atoms with Crippen molar-refractivity contribution in [2.45, 2.75) is 20.3 Å². The second kappa shape index (κ2) is 3.83. The van der Waals surface area contributed by atoms with Crippen molar-refractivity contribution in [2.75, 3.05) is 0 Å². The molecule has 0 saturated carbocycles. The molecule has 0 amide bonds. The molecule has 0 spiro atoms. The fourth-order valence-electron chi connectivity index (χ4n) is 2.12. The number of nitriles is 2. The second-order valence-electron chi connectivity index (χ2n) is 4.28. The summed E-state index contributed by atoms with van der Waals surface area (Å²) in [6.07, 6.45) is 6.84. The molecule has 0 aromatic rings. The zero-order valence-electron chi connectivity index (χ0n) is 9.41. The molecule has 1 unspecified atom stereocenters. The first kappa shape index (κ1) is 10.5. The Morgan fingerprint density at radius 3 is 2.44 bits per heavy atom. The highest BCUT2D eigenvalue weighted by Gasteiger charge is 2.23. The average Bonchev–Trinajstić information content (AvgIpc) is 2.29. The standard InChI is InChI=1S/C14H12N2/c1-9-3-11-5-13(7-15)14(8-16)6-12(11)4-10(9)2/h3,5-6,12H,4H2,1-2H3. The Labute approximate surface area is 95.5 Å². The zero-order valence-corrected chi connectivity index (χ0v) is 9.41. The molecule has 0 aromatic carbocycles. The molecule has 2 rings (SSSR count). The summed E-state index contributed by atoms with van der Waals surface area (Å²) in [4.78, 5) is 0. The van der Waals surface area contributed by atoms with Crippen LogP contribution in [0.4, 0.5) is 0 Å². The highest BCUT2D eigenvalue weighted by atomic mass is 14.3. The average molecular weight is 208 g/mol. The molecule has 0 saturated heterocycles. The van der Waals surface area contributed by atoms with Gasteiger partial charge in [-0.05, 0) is 31.9 Å². The number of nitrogens with zero attached hydrogens (tertiary/aromatic N) is 2. The molecule has 16 heavy (non-hydrogen) atoms. The molecule has 0 aliphatic heterocycles. The van der Waals surface area contributed by atoms with Crippen molar-refractivity contribution in [3.63, 3.8) is 0 Å². The van der Waals surface area contributed by atoms with Gasteiger partial charge < -0.3 is 0 Å². The van der Waals surface area contributed by atoms with Gasteiger partial charge in [-0.25, -0.2) is 0 Å². The van der Waals surface area contributed by atoms with E-state index in [0.29, 0.717) is 11.1 Å². The van der Waals surface area contributed by atoms with E-state index >= 15 is 0 Å². The van der Waals surface area contributed by atoms with Crippen LogP contribution in [0.5, 0.6) is 0 Å². The first-order valence-electron chi connectivity index (χ1n) is 5.27. The molecule has 2 aliphatic rings. The van der Waals surface area contributed by atoms with Gasteiger partial charge in [0.05, 0.1) is 11.1 Å². The van der Waals surface area contributed by atoms with Gasteiger partial charge in [0, 0.05) is 5.92 Å². The lowest BCUT2D eigenvalue weighted by Crippen LogP contribution is -2.11. The van der Waals surface area contributed by atoms with Gasteiger partial charge in [0.2, 0.25) is 0 Å². The van der Waals surface area contributed by atoms with Gasteiger partial charge in [0.1, 0.15) is 12.1 Å². The van der Waals surface area contributed by atoms with Crippen molar-refractivity contribution in [3.05, 3.63) is 46.1 Å². The molecule has 0 heterocycles. The Hall–Kier alpha value is -2.06. The SMILES string of the molecule is CC1=C(C)CC2C=C(C#N)C(C#N)=CC2=C1. The summed E-state index contributed by atoms with van der Waals surface area (Å²) in [5.41, 5.74) is 4.78. The van der Waals surface area contributed by atoms with Crippen LogP contribution in [-0.2, 0) is 0 Å². The van der Waals surface area contributed by atoms with E-state index in [0.717, 1.165) is 12.0 Å². The Kier molecular flexibility index (Phi) is 2.50. The largest absolute Gasteiger partial charge is 0.192 e. The topological polar surface area (TPSA) is 47.6 Å². The first-order valence-corrected chi connectivity index (χ1v) is 5.27. The molecule has 0 aromatic heterocycles. The molecule has 0 fully saturated rings. The number of hydrogen-bond acceptors (Lipinski definition) is 2. The van der Waals surface area contributed by atoms with Crippen LogP contribution in [0, 0.1) is 28.6 Å². The maximum absolute atomic E-state index is 8.96. The van der Waals surface area contributed by atoms with E-state index in [9.17, 15) is 0 Å². The fourth-order valence-corrected chi connectivity index (χ4v) is 2.12. The zero-order chi connectivity index (χ0) is 11.7. The molecule has 2 aliphatic carbocycles. The van der Waals surface area contributed by atoms with Gasteiger partial charge in [-0.3, -0.25) is 0 Å². The summed E-state index contributed by atoms with van der Waals surface area (Å²) in [5, 5.41) is 17.9. The third-order valence-electron chi connectivity index (χ3n) is 3.22. The third kappa shape index (κ3) is 1.59. The predicted molar refractivity (Wildman–Crippen MR) is 62.0 cm³/mol. The van der Waals surface area contributed by atoms with Crippen LogP contribution in [-0.4, -0.2) is 0 Å². The third-order valence-corrected chi connectivity index (χ3v) is 3.22. The monoisotopic (exact) mass is 208 g/mol. The predicted octanol–water partition coefficient (Wildman–Crippen LogP) is 3.18. The quantitative estimate of drug-likeness (QED) is 0.613. The van der Waals surface area contributed by atoms with Crippen LogP contribution in [0.2, 0.25) is 0 Å². The molecule has 78 valence electrons. The number of hydrogen-bond donors (Lipinski definition) is 0. The van der Waals surface area contributed by atoms with E-state index in [1.165, 1.54) is 11.1 Å². The minimum atomic E-state index is 0.274. The van der Waals surface area contributed by atoms with Gasteiger partial charge >= 0.3 is 0 Å². The summed E-state index contributed by atoms with van der Waals surface area (Å²) in [5.74, 6) is 0.274. The van der Waals surface area contributed by atoms with Gasteiger partial charge in [0.15, 0.2) is 0 Å². The van der Waals surface area contributed by atoms with Crippen molar-refractivity contribution in [2.24, 2.45) is 5.92 Å². The van der Waals surface area contributed by atoms with Crippen molar-refractivity contribution < 1.29 is 0 Å². The van der Waals surface area contributed by atoms with Gasteiger partial charge in [-0.15, -0.1) is 0 Å². The molecule has 2 heteroatoms. The van der Waals surface area contributed by atoms with E-state index < -0.39 is 0 Å². The van der Waals surface area contributed by atoms with Gasteiger partial charge in [-0.1, -0.05) is 23.3 Å². The second-order valence-corrected chi connectivity index (χ2v) is 4.28. The van der Waals surface area contributed by atoms with E-state index in [1.807, 2.05) is 12.2 Å². The van der Waals surface area contributed by atoms with E-state index in [2.05, 4.69) is 32.1 Å². The normalized spacial score (nSPS) is 23.5. The highest BCUT2D eigenvalue weighted by molar-refractivity contribution is 5.59. The summed E-state index contributed by atoms with van der Waals surface area (Å²) in [6, 6.07) is 4.17. The molecular weight excluding hydrogens is 196 g/mol. The first-order chi connectivity index (χ1) is 7.65. The molecule has 0 radical (unpaired) electrons. The number of fused-ring (bicyclic) bond motifs is 1. The molecule has 0 N–H and O–H groups in total. The summed E-state index contributed by atoms with van der Waals surface area (Å²) >= 11 is 0. The van der Waals surface area contributed by atoms with Crippen LogP contribution in [0.15, 0.2) is 46.1 Å². The lowest BCUT2D eigenvalue weighted by molar-refractivity contribution is 0.731. The Morgan fingerprint density at radius 2 is 1.81 bits per heavy atom. The van der Waals surface area contributed by atoms with Crippen LogP contribution in [0.1, 0.15) is 20.3 Å². The fraction of sp³-hybridized carbons (Fsp3) is 0.286. The lowest BCUT2D eigenvalue weighted by atomic mass is 9.79. The summed E-state index contributed by atoms with van der Waals surface area (Å²) < 4.78 is 0. The highest BCUT2D eigenvalue weighted by Crippen LogP contribution is 2.36. The Bertz CT molecular complexity index is 542. The maximum atomic E-state index is 8.96. The lowest BCUT2D eigenvalue weighted by Gasteiger charge is -2.24. The van der Waals surface area contributed by atoms with Gasteiger partial charge in [-0.2, -0.15) is 10.5 Å². The minimum Gasteiger partial charge on any atom is -0.192 e. The van der Waals surface area contributed by atoms with Crippen LogP contribution >= 0.6 is 0 Å².